The van der Waals surface area contributed by atoms with Crippen LogP contribution in [0.1, 0.15) is 23.3 Å². The molecule has 44 heavy (non-hydrogen) atoms. The molecule has 1 aromatic heterocycles. The standard InChI is InChI=1S/C29H29F6N3O4S2/c30-21-15-23(25(42-28(31)32)16-24(21)38-9-11-41-12-10-38)36-8-2-5-26-20(17-29(33,34)35)19-3-1-4-22(27(19)43-26)37-18-6-13-44(39,40)14-7-18/h1,3-4,15-16,18,28,36-37H,6-14,17H2. The number of nitrogens with zero attached hydrogens (tertiary/aromatic N) is 1. The fourth-order valence-corrected chi connectivity index (χ4v) is 7.86. The first-order chi connectivity index (χ1) is 20.9. The number of benzene rings is 2. The van der Waals surface area contributed by atoms with Crippen LogP contribution >= 0.6 is 11.3 Å². The summed E-state index contributed by atoms with van der Waals surface area (Å²) in [5.41, 5.74) is 0.599. The molecule has 0 bridgehead atoms. The maximum atomic E-state index is 15.0. The predicted octanol–water partition coefficient (Wildman–Crippen LogP) is 6.04. The average molecular weight is 662 g/mol. The van der Waals surface area contributed by atoms with Crippen molar-refractivity contribution in [1.82, 2.24) is 0 Å². The van der Waals surface area contributed by atoms with Crippen LogP contribution in [0, 0.1) is 17.7 Å². The highest BCUT2D eigenvalue weighted by molar-refractivity contribution is 7.91. The third kappa shape index (κ3) is 8.02. The van der Waals surface area contributed by atoms with Gasteiger partial charge in [0, 0.05) is 31.3 Å². The van der Waals surface area contributed by atoms with E-state index in [0.717, 1.165) is 17.4 Å². The first kappa shape index (κ1) is 32.1. The Morgan fingerprint density at radius 2 is 1.84 bits per heavy atom. The number of rotatable bonds is 8. The topological polar surface area (TPSA) is 79.9 Å². The van der Waals surface area contributed by atoms with E-state index in [0.29, 0.717) is 54.9 Å². The molecule has 0 unspecified atom stereocenters. The first-order valence-electron chi connectivity index (χ1n) is 13.8. The van der Waals surface area contributed by atoms with Crippen LogP contribution in [0.25, 0.3) is 10.1 Å². The summed E-state index contributed by atoms with van der Waals surface area (Å²) in [5, 5.41) is 6.41. The number of halogens is 6. The summed E-state index contributed by atoms with van der Waals surface area (Å²) in [7, 11) is -3.08. The normalized spacial score (nSPS) is 17.4. The van der Waals surface area contributed by atoms with E-state index in [2.05, 4.69) is 27.2 Å². The van der Waals surface area contributed by atoms with Crippen molar-refractivity contribution in [3.63, 3.8) is 0 Å². The highest BCUT2D eigenvalue weighted by atomic mass is 32.2. The van der Waals surface area contributed by atoms with E-state index < -0.39 is 34.9 Å². The lowest BCUT2D eigenvalue weighted by Crippen LogP contribution is -2.36. The fourth-order valence-electron chi connectivity index (χ4n) is 5.20. The number of hydrogen-bond acceptors (Lipinski definition) is 8. The van der Waals surface area contributed by atoms with Gasteiger partial charge in [-0.15, -0.1) is 11.3 Å². The Bertz CT molecular complexity index is 1650. The Balaban J connectivity index is 1.39. The van der Waals surface area contributed by atoms with E-state index >= 15 is 0 Å². The highest BCUT2D eigenvalue weighted by Crippen LogP contribution is 2.40. The molecule has 0 amide bonds. The molecular formula is C29H29F6N3O4S2. The molecule has 2 aliphatic heterocycles. The average Bonchev–Trinajstić information content (AvgIpc) is 3.30. The van der Waals surface area contributed by atoms with Crippen LogP contribution in [0.5, 0.6) is 5.75 Å². The van der Waals surface area contributed by atoms with E-state index in [4.69, 9.17) is 4.74 Å². The van der Waals surface area contributed by atoms with Crippen molar-refractivity contribution >= 4 is 48.3 Å². The Kier molecular flexibility index (Phi) is 9.71. The number of fused-ring (bicyclic) bond motifs is 1. The van der Waals surface area contributed by atoms with Gasteiger partial charge in [0.05, 0.1) is 64.3 Å². The molecule has 2 aliphatic rings. The summed E-state index contributed by atoms with van der Waals surface area (Å²) in [4.78, 5) is 1.83. The van der Waals surface area contributed by atoms with Crippen LogP contribution in [0.4, 0.5) is 43.4 Å². The summed E-state index contributed by atoms with van der Waals surface area (Å²) in [6, 6.07) is 7.00. The van der Waals surface area contributed by atoms with Crippen LogP contribution in [-0.4, -0.2) is 71.6 Å². The SMILES string of the molecule is O=S1(=O)CCC(Nc2cccc3c(CC(F)(F)F)c(C#CCNc4cc(F)c(N5CCOCC5)cc4OC(F)F)sc23)CC1. The number of thiophene rings is 1. The molecule has 2 N–H and O–H groups in total. The largest absolute Gasteiger partial charge is 0.433 e. The fraction of sp³-hybridized carbons (Fsp3) is 0.448. The van der Waals surface area contributed by atoms with Gasteiger partial charge in [-0.1, -0.05) is 24.0 Å². The van der Waals surface area contributed by atoms with Crippen molar-refractivity contribution in [2.45, 2.75) is 38.1 Å². The van der Waals surface area contributed by atoms with Gasteiger partial charge in [0.25, 0.3) is 0 Å². The Labute approximate surface area is 254 Å². The van der Waals surface area contributed by atoms with E-state index in [1.54, 1.807) is 23.1 Å². The zero-order valence-electron chi connectivity index (χ0n) is 23.3. The third-order valence-electron chi connectivity index (χ3n) is 7.30. The van der Waals surface area contributed by atoms with Gasteiger partial charge in [0.15, 0.2) is 5.75 Å². The number of sulfone groups is 1. The van der Waals surface area contributed by atoms with Gasteiger partial charge in [0.1, 0.15) is 15.7 Å². The van der Waals surface area contributed by atoms with Crippen molar-refractivity contribution in [3.05, 3.63) is 46.6 Å². The Morgan fingerprint density at radius 3 is 2.52 bits per heavy atom. The molecule has 2 fully saturated rings. The zero-order chi connectivity index (χ0) is 31.5. The molecule has 0 aliphatic carbocycles. The molecule has 7 nitrogen and oxygen atoms in total. The van der Waals surface area contributed by atoms with Crippen molar-refractivity contribution in [2.75, 3.05) is 59.9 Å². The molecule has 2 saturated heterocycles. The molecule has 2 aromatic carbocycles. The number of anilines is 3. The second-order valence-electron chi connectivity index (χ2n) is 10.4. The second kappa shape index (κ2) is 13.3. The molecule has 5 rings (SSSR count). The van der Waals surface area contributed by atoms with Gasteiger partial charge in [-0.05, 0) is 29.9 Å². The molecule has 238 valence electrons. The van der Waals surface area contributed by atoms with Crippen LogP contribution in [0.15, 0.2) is 30.3 Å². The van der Waals surface area contributed by atoms with Crippen molar-refractivity contribution < 1.29 is 44.2 Å². The number of morpholine rings is 1. The summed E-state index contributed by atoms with van der Waals surface area (Å²) >= 11 is 1.08. The molecule has 0 radical (unpaired) electrons. The summed E-state index contributed by atoms with van der Waals surface area (Å²) in [5.74, 6) is 4.61. The molecule has 3 heterocycles. The summed E-state index contributed by atoms with van der Waals surface area (Å²) in [6.07, 6.45) is -4.94. The predicted molar refractivity (Wildman–Crippen MR) is 158 cm³/mol. The maximum absolute atomic E-state index is 15.0. The lowest BCUT2D eigenvalue weighted by molar-refractivity contribution is -0.127. The van der Waals surface area contributed by atoms with Crippen LogP contribution < -0.4 is 20.3 Å². The van der Waals surface area contributed by atoms with E-state index in [9.17, 15) is 34.8 Å². The van der Waals surface area contributed by atoms with Crippen LogP contribution in [-0.2, 0) is 21.0 Å². The highest BCUT2D eigenvalue weighted by Gasteiger charge is 2.31. The van der Waals surface area contributed by atoms with Gasteiger partial charge in [0.2, 0.25) is 0 Å². The molecule has 0 spiro atoms. The quantitative estimate of drug-likeness (QED) is 0.225. The van der Waals surface area contributed by atoms with Crippen LogP contribution in [0.2, 0.25) is 0 Å². The number of alkyl halides is 5. The Morgan fingerprint density at radius 1 is 1.11 bits per heavy atom. The third-order valence-corrected chi connectivity index (χ3v) is 10.2. The van der Waals surface area contributed by atoms with E-state index in [-0.39, 0.29) is 51.7 Å². The smallest absolute Gasteiger partial charge is 0.393 e. The molecule has 0 saturated carbocycles. The maximum Gasteiger partial charge on any atom is 0.393 e. The minimum atomic E-state index is -4.51. The van der Waals surface area contributed by atoms with Crippen molar-refractivity contribution in [2.24, 2.45) is 0 Å². The summed E-state index contributed by atoms with van der Waals surface area (Å²) < 4.78 is 116. The number of hydrogen-bond donors (Lipinski definition) is 2. The molecule has 15 heteroatoms. The van der Waals surface area contributed by atoms with Gasteiger partial charge in [-0.25, -0.2) is 12.8 Å². The lowest BCUT2D eigenvalue weighted by Gasteiger charge is -2.29. The molecule has 3 aromatic rings. The summed E-state index contributed by atoms with van der Waals surface area (Å²) in [6.45, 7) is -1.91. The van der Waals surface area contributed by atoms with Crippen molar-refractivity contribution in [1.29, 1.82) is 0 Å². The monoisotopic (exact) mass is 661 g/mol. The Hall–Kier alpha value is -3.35. The molecular weight excluding hydrogens is 632 g/mol. The van der Waals surface area contributed by atoms with Gasteiger partial charge >= 0.3 is 12.8 Å². The minimum absolute atomic E-state index is 0.00232. The van der Waals surface area contributed by atoms with Gasteiger partial charge in [-0.2, -0.15) is 22.0 Å². The first-order valence-corrected chi connectivity index (χ1v) is 16.4. The van der Waals surface area contributed by atoms with Crippen molar-refractivity contribution in [3.8, 4) is 17.6 Å². The van der Waals surface area contributed by atoms with E-state index in [1.165, 1.54) is 6.07 Å². The second-order valence-corrected chi connectivity index (χ2v) is 13.7. The molecule has 0 atom stereocenters. The van der Waals surface area contributed by atoms with Crippen LogP contribution in [0.3, 0.4) is 0 Å². The zero-order valence-corrected chi connectivity index (χ0v) is 24.9. The number of ether oxygens (including phenoxy) is 2. The van der Waals surface area contributed by atoms with Gasteiger partial charge < -0.3 is 25.0 Å². The van der Waals surface area contributed by atoms with Gasteiger partial charge in [-0.3, -0.25) is 0 Å². The van der Waals surface area contributed by atoms with E-state index in [1.807, 2.05) is 0 Å². The number of nitrogens with one attached hydrogen (secondary N) is 2. The lowest BCUT2D eigenvalue weighted by atomic mass is 10.1. The minimum Gasteiger partial charge on any atom is -0.433 e.